The van der Waals surface area contributed by atoms with Crippen molar-refractivity contribution < 1.29 is 9.18 Å². The zero-order valence-electron chi connectivity index (χ0n) is 15.2. The summed E-state index contributed by atoms with van der Waals surface area (Å²) in [5.74, 6) is -0.484. The van der Waals surface area contributed by atoms with Crippen molar-refractivity contribution in [3.8, 4) is 0 Å². The van der Waals surface area contributed by atoms with Gasteiger partial charge in [0.05, 0.1) is 12.2 Å². The summed E-state index contributed by atoms with van der Waals surface area (Å²) in [7, 11) is 0. The Morgan fingerprint density at radius 3 is 2.85 bits per heavy atom. The number of aromatic nitrogens is 3. The lowest BCUT2D eigenvalue weighted by atomic mass is 10.1. The van der Waals surface area contributed by atoms with Crippen LogP contribution in [-0.4, -0.2) is 45.4 Å². The van der Waals surface area contributed by atoms with Crippen LogP contribution in [0.1, 0.15) is 54.7 Å². The van der Waals surface area contributed by atoms with Crippen molar-refractivity contribution in [3.63, 3.8) is 0 Å². The van der Waals surface area contributed by atoms with Crippen LogP contribution < -0.4 is 5.32 Å². The van der Waals surface area contributed by atoms with Crippen LogP contribution in [0, 0.1) is 5.82 Å². The van der Waals surface area contributed by atoms with Crippen LogP contribution in [0.4, 0.5) is 4.39 Å². The van der Waals surface area contributed by atoms with E-state index >= 15 is 0 Å². The van der Waals surface area contributed by atoms with Gasteiger partial charge >= 0.3 is 0 Å². The Morgan fingerprint density at radius 2 is 2.12 bits per heavy atom. The summed E-state index contributed by atoms with van der Waals surface area (Å²) in [4.78, 5) is 14.6. The lowest BCUT2D eigenvalue weighted by molar-refractivity contribution is 0.0733. The van der Waals surface area contributed by atoms with Crippen LogP contribution in [0.3, 0.4) is 0 Å². The van der Waals surface area contributed by atoms with Crippen molar-refractivity contribution in [2.45, 2.75) is 45.2 Å². The number of hydrogen-bond donors (Lipinski definition) is 1. The molecule has 3 rings (SSSR count). The average Bonchev–Trinajstić information content (AvgIpc) is 3.17. The first-order chi connectivity index (χ1) is 12.7. The van der Waals surface area contributed by atoms with Crippen molar-refractivity contribution in [2.75, 3.05) is 19.6 Å². The number of benzene rings is 1. The largest absolute Gasteiger partial charge is 0.333 e. The normalized spacial score (nSPS) is 15.2. The maximum atomic E-state index is 14.0. The van der Waals surface area contributed by atoms with Crippen molar-refractivity contribution >= 4 is 5.91 Å². The number of carbonyl (C=O) groups excluding carboxylic acids is 1. The van der Waals surface area contributed by atoms with E-state index in [1.807, 2.05) is 0 Å². The topological polar surface area (TPSA) is 63.1 Å². The maximum absolute atomic E-state index is 14.0. The first-order valence-corrected chi connectivity index (χ1v) is 9.34. The van der Waals surface area contributed by atoms with Crippen LogP contribution in [0.25, 0.3) is 0 Å². The highest BCUT2D eigenvalue weighted by Gasteiger charge is 2.23. The summed E-state index contributed by atoms with van der Waals surface area (Å²) in [5, 5.41) is 11.6. The molecule has 0 atom stereocenters. The molecule has 6 nitrogen and oxygen atoms in total. The van der Waals surface area contributed by atoms with E-state index in [1.54, 1.807) is 34.0 Å². The van der Waals surface area contributed by atoms with E-state index in [1.165, 1.54) is 6.07 Å². The van der Waals surface area contributed by atoms with Gasteiger partial charge in [-0.1, -0.05) is 36.8 Å². The molecule has 2 heterocycles. The number of nitrogens with one attached hydrogen (secondary N) is 1. The molecule has 0 saturated carbocycles. The summed E-state index contributed by atoms with van der Waals surface area (Å²) in [6.07, 6.45) is 5.52. The third-order valence-electron chi connectivity index (χ3n) is 4.80. The number of amides is 1. The van der Waals surface area contributed by atoms with Crippen molar-refractivity contribution in [1.29, 1.82) is 0 Å². The Labute approximate surface area is 153 Å². The lowest BCUT2D eigenvalue weighted by Crippen LogP contribution is -2.32. The molecule has 0 unspecified atom stereocenters. The van der Waals surface area contributed by atoms with Gasteiger partial charge in [-0.25, -0.2) is 9.07 Å². The van der Waals surface area contributed by atoms with Gasteiger partial charge in [0.2, 0.25) is 0 Å². The summed E-state index contributed by atoms with van der Waals surface area (Å²) < 4.78 is 15.8. The van der Waals surface area contributed by atoms with E-state index in [2.05, 4.69) is 22.6 Å². The molecule has 0 bridgehead atoms. The van der Waals surface area contributed by atoms with Crippen molar-refractivity contribution in [1.82, 2.24) is 25.2 Å². The van der Waals surface area contributed by atoms with E-state index in [0.29, 0.717) is 17.8 Å². The molecule has 1 fully saturated rings. The fraction of sp³-hybridized carbons (Fsp3) is 0.526. The number of carbonyl (C=O) groups is 1. The second-order valence-electron chi connectivity index (χ2n) is 6.74. The van der Waals surface area contributed by atoms with Crippen molar-refractivity contribution in [3.05, 3.63) is 47.5 Å². The molecule has 1 N–H and O–H groups in total. The lowest BCUT2D eigenvalue weighted by Gasteiger charge is -2.23. The van der Waals surface area contributed by atoms with Gasteiger partial charge in [-0.2, -0.15) is 0 Å². The average molecular weight is 359 g/mol. The summed E-state index contributed by atoms with van der Waals surface area (Å²) in [6, 6.07) is 6.86. The van der Waals surface area contributed by atoms with Crippen LogP contribution in [0.2, 0.25) is 0 Å². The van der Waals surface area contributed by atoms with Crippen LogP contribution in [-0.2, 0) is 6.54 Å². The molecule has 1 aliphatic heterocycles. The minimum Gasteiger partial charge on any atom is -0.333 e. The minimum absolute atomic E-state index is 0.193. The summed E-state index contributed by atoms with van der Waals surface area (Å²) in [5.41, 5.74) is 0.846. The van der Waals surface area contributed by atoms with Gasteiger partial charge in [-0.3, -0.25) is 4.79 Å². The Kier molecular flexibility index (Phi) is 6.33. The predicted molar refractivity (Wildman–Crippen MR) is 97.2 cm³/mol. The summed E-state index contributed by atoms with van der Waals surface area (Å²) >= 11 is 0. The third kappa shape index (κ3) is 4.46. The Morgan fingerprint density at radius 1 is 1.35 bits per heavy atom. The van der Waals surface area contributed by atoms with E-state index < -0.39 is 0 Å². The fourth-order valence-electron chi connectivity index (χ4n) is 3.22. The Hall–Kier alpha value is -2.28. The predicted octanol–water partition coefficient (Wildman–Crippen LogP) is 2.78. The number of nitrogens with zero attached hydrogens (tertiary/aromatic N) is 4. The third-order valence-corrected chi connectivity index (χ3v) is 4.80. The van der Waals surface area contributed by atoms with Crippen LogP contribution >= 0.6 is 0 Å². The van der Waals surface area contributed by atoms with Gasteiger partial charge < -0.3 is 10.2 Å². The Balaban J connectivity index is 1.74. The number of halogens is 1. The van der Waals surface area contributed by atoms with Gasteiger partial charge in [0.15, 0.2) is 5.69 Å². The standard InChI is InChI=1S/C19H26FN5O/c1-2-3-12-24(13-15-6-4-5-7-17(15)20)19(26)18-14-25(23-22-18)16-8-10-21-11-9-16/h4-7,14,16,21H,2-3,8-13H2,1H3. The number of hydrogen-bond acceptors (Lipinski definition) is 4. The van der Waals surface area contributed by atoms with Crippen molar-refractivity contribution in [2.24, 2.45) is 0 Å². The van der Waals surface area contributed by atoms with Gasteiger partial charge in [0, 0.05) is 18.7 Å². The van der Waals surface area contributed by atoms with Crippen LogP contribution in [0.5, 0.6) is 0 Å². The van der Waals surface area contributed by atoms with E-state index in [4.69, 9.17) is 0 Å². The van der Waals surface area contributed by atoms with Gasteiger partial charge in [-0.15, -0.1) is 5.10 Å². The molecule has 1 amide bonds. The molecule has 1 saturated heterocycles. The molecule has 2 aromatic rings. The highest BCUT2D eigenvalue weighted by molar-refractivity contribution is 5.91. The zero-order chi connectivity index (χ0) is 18.4. The van der Waals surface area contributed by atoms with Gasteiger partial charge in [-0.05, 0) is 38.4 Å². The number of unbranched alkanes of at least 4 members (excludes halogenated alkanes) is 1. The second kappa shape index (κ2) is 8.89. The number of piperidine rings is 1. The second-order valence-corrected chi connectivity index (χ2v) is 6.74. The zero-order valence-corrected chi connectivity index (χ0v) is 15.2. The maximum Gasteiger partial charge on any atom is 0.276 e. The molecule has 26 heavy (non-hydrogen) atoms. The van der Waals surface area contributed by atoms with Gasteiger partial charge in [0.25, 0.3) is 5.91 Å². The molecule has 7 heteroatoms. The SMILES string of the molecule is CCCCN(Cc1ccccc1F)C(=O)c1cn(C2CCNCC2)nn1. The quantitative estimate of drug-likeness (QED) is 0.826. The Bertz CT molecular complexity index is 726. The highest BCUT2D eigenvalue weighted by Crippen LogP contribution is 2.18. The minimum atomic E-state index is -0.292. The molecule has 1 aromatic heterocycles. The monoisotopic (exact) mass is 359 g/mol. The summed E-state index contributed by atoms with van der Waals surface area (Å²) in [6.45, 7) is 4.78. The number of rotatable bonds is 7. The molecular formula is C19H26FN5O. The molecule has 0 radical (unpaired) electrons. The van der Waals surface area contributed by atoms with E-state index in [9.17, 15) is 9.18 Å². The first kappa shape index (κ1) is 18.5. The fourth-order valence-corrected chi connectivity index (χ4v) is 3.22. The molecule has 0 aliphatic carbocycles. The molecule has 0 spiro atoms. The smallest absolute Gasteiger partial charge is 0.276 e. The highest BCUT2D eigenvalue weighted by atomic mass is 19.1. The first-order valence-electron chi connectivity index (χ1n) is 9.34. The molecule has 1 aromatic carbocycles. The van der Waals surface area contributed by atoms with E-state index in [0.717, 1.165) is 38.8 Å². The molecule has 1 aliphatic rings. The van der Waals surface area contributed by atoms with Gasteiger partial charge in [0.1, 0.15) is 5.82 Å². The van der Waals surface area contributed by atoms with Crippen LogP contribution in [0.15, 0.2) is 30.5 Å². The van der Waals surface area contributed by atoms with E-state index in [-0.39, 0.29) is 24.3 Å². The molecular weight excluding hydrogens is 333 g/mol. The molecule has 140 valence electrons.